The predicted octanol–water partition coefficient (Wildman–Crippen LogP) is 0.433. The summed E-state index contributed by atoms with van der Waals surface area (Å²) in [7, 11) is 2.08. The summed E-state index contributed by atoms with van der Waals surface area (Å²) in [5.74, 6) is 0.619. The molecule has 0 spiro atoms. The normalized spacial score (nSPS) is 18.5. The molecule has 1 amide bonds. The molecule has 1 saturated heterocycles. The van der Waals surface area contributed by atoms with E-state index in [1.165, 1.54) is 0 Å². The molecule has 4 heteroatoms. The van der Waals surface area contributed by atoms with Gasteiger partial charge in [-0.2, -0.15) is 0 Å². The van der Waals surface area contributed by atoms with Gasteiger partial charge in [-0.3, -0.25) is 4.79 Å². The van der Waals surface area contributed by atoms with E-state index < -0.39 is 0 Å². The Morgan fingerprint density at radius 3 is 2.40 bits per heavy atom. The first-order chi connectivity index (χ1) is 7.09. The van der Waals surface area contributed by atoms with E-state index >= 15 is 0 Å². The van der Waals surface area contributed by atoms with Crippen LogP contribution in [0.5, 0.6) is 0 Å². The molecule has 0 bridgehead atoms. The molecule has 0 aliphatic carbocycles. The second-order valence-corrected chi connectivity index (χ2v) is 4.59. The molecule has 15 heavy (non-hydrogen) atoms. The predicted molar refractivity (Wildman–Crippen MR) is 59.7 cm³/mol. The van der Waals surface area contributed by atoms with E-state index in [4.69, 9.17) is 4.74 Å². The highest BCUT2D eigenvalue weighted by molar-refractivity contribution is 5.77. The lowest BCUT2D eigenvalue weighted by Gasteiger charge is -2.32. The second kappa shape index (κ2) is 6.08. The molecule has 0 N–H and O–H groups in total. The standard InChI is InChI=1S/C11H22N2O2/c1-10(2)8-15-9-11(14)13-6-4-12(3)5-7-13/h10H,4-9H2,1-3H3. The smallest absolute Gasteiger partial charge is 0.248 e. The first-order valence-electron chi connectivity index (χ1n) is 5.63. The highest BCUT2D eigenvalue weighted by Crippen LogP contribution is 2.00. The molecular weight excluding hydrogens is 192 g/mol. The molecule has 1 fully saturated rings. The van der Waals surface area contributed by atoms with Gasteiger partial charge in [0.1, 0.15) is 6.61 Å². The minimum atomic E-state index is 0.128. The Labute approximate surface area is 92.2 Å². The van der Waals surface area contributed by atoms with Crippen LogP contribution in [0.25, 0.3) is 0 Å². The number of piperazine rings is 1. The fourth-order valence-corrected chi connectivity index (χ4v) is 1.53. The fraction of sp³-hybridized carbons (Fsp3) is 0.909. The molecular formula is C11H22N2O2. The van der Waals surface area contributed by atoms with Crippen LogP contribution >= 0.6 is 0 Å². The number of rotatable bonds is 4. The third kappa shape index (κ3) is 4.62. The SMILES string of the molecule is CC(C)COCC(=O)N1CCN(C)CC1. The first-order valence-corrected chi connectivity index (χ1v) is 5.63. The van der Waals surface area contributed by atoms with Crippen molar-refractivity contribution in [2.24, 2.45) is 5.92 Å². The summed E-state index contributed by atoms with van der Waals surface area (Å²) in [6, 6.07) is 0. The third-order valence-corrected chi connectivity index (χ3v) is 2.53. The van der Waals surface area contributed by atoms with E-state index in [1.807, 2.05) is 4.90 Å². The van der Waals surface area contributed by atoms with E-state index in [-0.39, 0.29) is 12.5 Å². The number of nitrogens with zero attached hydrogens (tertiary/aromatic N) is 2. The minimum absolute atomic E-state index is 0.128. The molecule has 0 radical (unpaired) electrons. The average Bonchev–Trinajstić information content (AvgIpc) is 2.18. The van der Waals surface area contributed by atoms with Crippen molar-refractivity contribution < 1.29 is 9.53 Å². The Bertz CT molecular complexity index is 199. The molecule has 0 atom stereocenters. The van der Waals surface area contributed by atoms with Gasteiger partial charge in [0.25, 0.3) is 0 Å². The van der Waals surface area contributed by atoms with E-state index in [0.717, 1.165) is 26.2 Å². The van der Waals surface area contributed by atoms with Crippen molar-refractivity contribution >= 4 is 5.91 Å². The maximum Gasteiger partial charge on any atom is 0.248 e. The largest absolute Gasteiger partial charge is 0.371 e. The lowest BCUT2D eigenvalue weighted by atomic mass is 10.2. The van der Waals surface area contributed by atoms with Crippen molar-refractivity contribution in [3.63, 3.8) is 0 Å². The van der Waals surface area contributed by atoms with Crippen LogP contribution in [0.15, 0.2) is 0 Å². The zero-order chi connectivity index (χ0) is 11.3. The van der Waals surface area contributed by atoms with E-state index in [2.05, 4.69) is 25.8 Å². The van der Waals surface area contributed by atoms with E-state index in [1.54, 1.807) is 0 Å². The lowest BCUT2D eigenvalue weighted by molar-refractivity contribution is -0.138. The summed E-state index contributed by atoms with van der Waals surface area (Å²) in [6.45, 7) is 8.68. The number of hydrogen-bond acceptors (Lipinski definition) is 3. The Balaban J connectivity index is 2.17. The van der Waals surface area contributed by atoms with Gasteiger partial charge in [-0.1, -0.05) is 13.8 Å². The van der Waals surface area contributed by atoms with Gasteiger partial charge in [0, 0.05) is 32.8 Å². The Morgan fingerprint density at radius 1 is 1.27 bits per heavy atom. The number of amides is 1. The van der Waals surface area contributed by atoms with Crippen molar-refractivity contribution in [2.45, 2.75) is 13.8 Å². The summed E-state index contributed by atoms with van der Waals surface area (Å²) in [4.78, 5) is 15.8. The first kappa shape index (κ1) is 12.5. The van der Waals surface area contributed by atoms with E-state index in [9.17, 15) is 4.79 Å². The van der Waals surface area contributed by atoms with Crippen LogP contribution in [0.4, 0.5) is 0 Å². The molecule has 0 unspecified atom stereocenters. The Morgan fingerprint density at radius 2 is 1.87 bits per heavy atom. The lowest BCUT2D eigenvalue weighted by Crippen LogP contribution is -2.48. The number of ether oxygens (including phenoxy) is 1. The van der Waals surface area contributed by atoms with Crippen molar-refractivity contribution in [2.75, 3.05) is 46.4 Å². The number of carbonyl (C=O) groups is 1. The highest BCUT2D eigenvalue weighted by Gasteiger charge is 2.18. The van der Waals surface area contributed by atoms with Crippen LogP contribution in [-0.4, -0.2) is 62.1 Å². The monoisotopic (exact) mass is 214 g/mol. The highest BCUT2D eigenvalue weighted by atomic mass is 16.5. The summed E-state index contributed by atoms with van der Waals surface area (Å²) in [5, 5.41) is 0. The fourth-order valence-electron chi connectivity index (χ4n) is 1.53. The minimum Gasteiger partial charge on any atom is -0.371 e. The topological polar surface area (TPSA) is 32.8 Å². The zero-order valence-corrected chi connectivity index (χ0v) is 10.0. The molecule has 0 aromatic carbocycles. The molecule has 4 nitrogen and oxygen atoms in total. The van der Waals surface area contributed by atoms with Crippen LogP contribution in [-0.2, 0) is 9.53 Å². The summed E-state index contributed by atoms with van der Waals surface area (Å²) < 4.78 is 5.33. The van der Waals surface area contributed by atoms with Gasteiger partial charge < -0.3 is 14.5 Å². The number of hydrogen-bond donors (Lipinski definition) is 0. The molecule has 1 rings (SSSR count). The molecule has 1 heterocycles. The van der Waals surface area contributed by atoms with Crippen LogP contribution in [0, 0.1) is 5.92 Å². The summed E-state index contributed by atoms with van der Waals surface area (Å²) in [6.07, 6.45) is 0. The van der Waals surface area contributed by atoms with Gasteiger partial charge in [0.15, 0.2) is 0 Å². The van der Waals surface area contributed by atoms with Gasteiger partial charge >= 0.3 is 0 Å². The zero-order valence-electron chi connectivity index (χ0n) is 10.0. The maximum atomic E-state index is 11.7. The quantitative estimate of drug-likeness (QED) is 0.680. The Kier molecular flexibility index (Phi) is 5.05. The second-order valence-electron chi connectivity index (χ2n) is 4.59. The number of likely N-dealkylation sites (N-methyl/N-ethyl adjacent to an activating group) is 1. The van der Waals surface area contributed by atoms with Crippen LogP contribution < -0.4 is 0 Å². The van der Waals surface area contributed by atoms with Crippen molar-refractivity contribution in [3.05, 3.63) is 0 Å². The van der Waals surface area contributed by atoms with Gasteiger partial charge in [0.05, 0.1) is 0 Å². The van der Waals surface area contributed by atoms with Crippen molar-refractivity contribution in [1.82, 2.24) is 9.80 Å². The van der Waals surface area contributed by atoms with Crippen molar-refractivity contribution in [1.29, 1.82) is 0 Å². The number of carbonyl (C=O) groups excluding carboxylic acids is 1. The molecule has 0 saturated carbocycles. The van der Waals surface area contributed by atoms with Crippen LogP contribution in [0.2, 0.25) is 0 Å². The molecule has 88 valence electrons. The van der Waals surface area contributed by atoms with Crippen LogP contribution in [0.3, 0.4) is 0 Å². The average molecular weight is 214 g/mol. The molecule has 0 aromatic heterocycles. The maximum absolute atomic E-state index is 11.7. The molecule has 1 aliphatic rings. The molecule has 0 aromatic rings. The molecule has 1 aliphatic heterocycles. The van der Waals surface area contributed by atoms with Crippen LogP contribution in [0.1, 0.15) is 13.8 Å². The summed E-state index contributed by atoms with van der Waals surface area (Å²) in [5.41, 5.74) is 0. The van der Waals surface area contributed by atoms with Gasteiger partial charge in [-0.05, 0) is 13.0 Å². The third-order valence-electron chi connectivity index (χ3n) is 2.53. The summed E-state index contributed by atoms with van der Waals surface area (Å²) >= 11 is 0. The van der Waals surface area contributed by atoms with Crippen molar-refractivity contribution in [3.8, 4) is 0 Å². The Hall–Kier alpha value is -0.610. The van der Waals surface area contributed by atoms with Gasteiger partial charge in [-0.25, -0.2) is 0 Å². The van der Waals surface area contributed by atoms with Gasteiger partial charge in [-0.15, -0.1) is 0 Å². The van der Waals surface area contributed by atoms with E-state index in [0.29, 0.717) is 12.5 Å². The van der Waals surface area contributed by atoms with Gasteiger partial charge in [0.2, 0.25) is 5.91 Å².